The van der Waals surface area contributed by atoms with Gasteiger partial charge in [-0.1, -0.05) is 32.0 Å². The summed E-state index contributed by atoms with van der Waals surface area (Å²) in [7, 11) is 0. The second-order valence-corrected chi connectivity index (χ2v) is 9.54. The number of benzene rings is 1. The van der Waals surface area contributed by atoms with Gasteiger partial charge in [-0.05, 0) is 63.1 Å². The number of amides is 2. The zero-order valence-corrected chi connectivity index (χ0v) is 19.9. The van der Waals surface area contributed by atoms with Gasteiger partial charge in [0.25, 0.3) is 0 Å². The molecule has 2 saturated heterocycles. The fraction of sp³-hybridized carbons (Fsp3) is 0.680. The summed E-state index contributed by atoms with van der Waals surface area (Å²) in [4.78, 5) is 28.2. The van der Waals surface area contributed by atoms with Crippen molar-refractivity contribution in [3.63, 3.8) is 0 Å². The fourth-order valence-electron chi connectivity index (χ4n) is 4.61. The van der Waals surface area contributed by atoms with Crippen LogP contribution in [0, 0.1) is 11.3 Å². The molecular weight excluding hydrogens is 406 g/mol. The van der Waals surface area contributed by atoms with Crippen molar-refractivity contribution in [2.45, 2.75) is 53.0 Å². The van der Waals surface area contributed by atoms with E-state index in [0.29, 0.717) is 17.9 Å². The van der Waals surface area contributed by atoms with Gasteiger partial charge in [0.15, 0.2) is 0 Å². The summed E-state index contributed by atoms with van der Waals surface area (Å²) in [6.45, 7) is 11.7. The van der Waals surface area contributed by atoms with Crippen molar-refractivity contribution < 1.29 is 19.1 Å². The molecule has 0 unspecified atom stereocenters. The molecule has 2 aliphatic rings. The van der Waals surface area contributed by atoms with Gasteiger partial charge in [-0.3, -0.25) is 9.69 Å². The van der Waals surface area contributed by atoms with Crippen LogP contribution in [0.15, 0.2) is 24.3 Å². The van der Waals surface area contributed by atoms with Gasteiger partial charge in [0.2, 0.25) is 0 Å². The number of urea groups is 1. The van der Waals surface area contributed by atoms with Gasteiger partial charge in [-0.15, -0.1) is 0 Å². The molecule has 0 aliphatic carbocycles. The van der Waals surface area contributed by atoms with Crippen molar-refractivity contribution in [1.29, 1.82) is 0 Å². The van der Waals surface area contributed by atoms with Crippen LogP contribution in [-0.4, -0.2) is 67.7 Å². The molecule has 3 rings (SSSR count). The molecule has 2 amide bonds. The van der Waals surface area contributed by atoms with Crippen molar-refractivity contribution in [2.24, 2.45) is 11.3 Å². The Balaban J connectivity index is 1.44. The van der Waals surface area contributed by atoms with E-state index in [1.807, 2.05) is 11.0 Å². The van der Waals surface area contributed by atoms with Crippen LogP contribution in [0.4, 0.5) is 4.79 Å². The zero-order chi connectivity index (χ0) is 23.0. The third kappa shape index (κ3) is 6.86. The predicted molar refractivity (Wildman–Crippen MR) is 125 cm³/mol. The molecule has 7 heteroatoms. The van der Waals surface area contributed by atoms with Crippen LogP contribution in [0.1, 0.15) is 52.0 Å². The van der Waals surface area contributed by atoms with Crippen LogP contribution in [0.5, 0.6) is 5.75 Å². The van der Waals surface area contributed by atoms with Gasteiger partial charge in [0.05, 0.1) is 13.2 Å². The first-order valence-corrected chi connectivity index (χ1v) is 12.0. The minimum Gasteiger partial charge on any atom is -0.493 e. The number of piperidine rings is 2. The number of carbonyl (C=O) groups is 2. The normalized spacial score (nSPS) is 18.6. The third-order valence-electron chi connectivity index (χ3n) is 6.66. The van der Waals surface area contributed by atoms with Crippen LogP contribution in [0.25, 0.3) is 0 Å². The van der Waals surface area contributed by atoms with Crippen molar-refractivity contribution in [1.82, 2.24) is 15.1 Å². The van der Waals surface area contributed by atoms with Crippen LogP contribution in [-0.2, 0) is 16.1 Å². The minimum atomic E-state index is -0.391. The SMILES string of the molecule is CCOC(=O)CNC(=O)N1CCC2(CCN(Cc3ccccc3OCC(C)C)CC2)CC1. The Morgan fingerprint density at radius 3 is 2.38 bits per heavy atom. The Kier molecular flexibility index (Phi) is 8.79. The Morgan fingerprint density at radius 1 is 1.06 bits per heavy atom. The first-order chi connectivity index (χ1) is 15.4. The second-order valence-electron chi connectivity index (χ2n) is 9.54. The molecule has 178 valence electrons. The highest BCUT2D eigenvalue weighted by atomic mass is 16.5. The standard InChI is InChI=1S/C25H39N3O4/c1-4-31-23(29)17-26-24(30)28-15-11-25(12-16-28)9-13-27(14-10-25)18-21-7-5-6-8-22(21)32-19-20(2)3/h5-8,20H,4,9-19H2,1-3H3,(H,26,30). The number of nitrogens with zero attached hydrogens (tertiary/aromatic N) is 2. The van der Waals surface area contributed by atoms with Crippen molar-refractivity contribution in [3.8, 4) is 5.75 Å². The van der Waals surface area contributed by atoms with Crippen LogP contribution in [0.2, 0.25) is 0 Å². The monoisotopic (exact) mass is 445 g/mol. The third-order valence-corrected chi connectivity index (χ3v) is 6.66. The summed E-state index contributed by atoms with van der Waals surface area (Å²) in [5.41, 5.74) is 1.60. The van der Waals surface area contributed by atoms with Crippen LogP contribution >= 0.6 is 0 Å². The molecule has 1 spiro atoms. The highest BCUT2D eigenvalue weighted by Crippen LogP contribution is 2.41. The quantitative estimate of drug-likeness (QED) is 0.618. The maximum Gasteiger partial charge on any atom is 0.325 e. The number of esters is 1. The maximum atomic E-state index is 12.3. The topological polar surface area (TPSA) is 71.1 Å². The van der Waals surface area contributed by atoms with Crippen LogP contribution < -0.4 is 10.1 Å². The van der Waals surface area contributed by atoms with Crippen molar-refractivity contribution in [2.75, 3.05) is 45.9 Å². The first-order valence-electron chi connectivity index (χ1n) is 12.0. The molecule has 0 saturated carbocycles. The predicted octanol–water partition coefficient (Wildman–Crippen LogP) is 3.67. The lowest BCUT2D eigenvalue weighted by Gasteiger charge is -2.46. The average Bonchev–Trinajstić information content (AvgIpc) is 2.79. The highest BCUT2D eigenvalue weighted by Gasteiger charge is 2.38. The Bertz CT molecular complexity index is 749. The van der Waals surface area contributed by atoms with E-state index in [1.54, 1.807) is 6.92 Å². The molecule has 2 fully saturated rings. The second kappa shape index (κ2) is 11.5. The summed E-state index contributed by atoms with van der Waals surface area (Å²) in [5, 5.41) is 2.68. The van der Waals surface area contributed by atoms with E-state index in [9.17, 15) is 9.59 Å². The van der Waals surface area contributed by atoms with Gasteiger partial charge in [-0.25, -0.2) is 4.79 Å². The van der Waals surface area contributed by atoms with Crippen molar-refractivity contribution in [3.05, 3.63) is 29.8 Å². The van der Waals surface area contributed by atoms with Crippen molar-refractivity contribution >= 4 is 12.0 Å². The molecule has 2 heterocycles. The van der Waals surface area contributed by atoms with E-state index in [1.165, 1.54) is 18.4 Å². The summed E-state index contributed by atoms with van der Waals surface area (Å²) < 4.78 is 10.9. The van der Waals surface area contributed by atoms with Gasteiger partial charge in [0, 0.05) is 25.2 Å². The summed E-state index contributed by atoms with van der Waals surface area (Å²) in [6, 6.07) is 8.22. The first kappa shape index (κ1) is 24.4. The molecule has 0 atom stereocenters. The number of hydrogen-bond acceptors (Lipinski definition) is 5. The van der Waals surface area contributed by atoms with Gasteiger partial charge in [0.1, 0.15) is 12.3 Å². The Morgan fingerprint density at radius 2 is 1.72 bits per heavy atom. The molecule has 1 aromatic carbocycles. The molecule has 0 radical (unpaired) electrons. The molecule has 32 heavy (non-hydrogen) atoms. The molecule has 2 aliphatic heterocycles. The molecule has 0 bridgehead atoms. The fourth-order valence-corrected chi connectivity index (χ4v) is 4.61. The van der Waals surface area contributed by atoms with Crippen LogP contribution in [0.3, 0.4) is 0 Å². The number of para-hydroxylation sites is 1. The largest absolute Gasteiger partial charge is 0.493 e. The smallest absolute Gasteiger partial charge is 0.325 e. The molecule has 1 aromatic rings. The lowest BCUT2D eigenvalue weighted by atomic mass is 9.71. The number of nitrogens with one attached hydrogen (secondary N) is 1. The molecule has 7 nitrogen and oxygen atoms in total. The van der Waals surface area contributed by atoms with Gasteiger partial charge >= 0.3 is 12.0 Å². The zero-order valence-electron chi connectivity index (χ0n) is 19.9. The number of carbonyl (C=O) groups excluding carboxylic acids is 2. The molecule has 0 aromatic heterocycles. The van der Waals surface area contributed by atoms with E-state index in [4.69, 9.17) is 9.47 Å². The maximum absolute atomic E-state index is 12.3. The van der Waals surface area contributed by atoms with E-state index in [2.05, 4.69) is 42.3 Å². The highest BCUT2D eigenvalue weighted by molar-refractivity contribution is 5.80. The summed E-state index contributed by atoms with van der Waals surface area (Å²) in [6.07, 6.45) is 4.39. The van der Waals surface area contributed by atoms with Gasteiger partial charge in [-0.2, -0.15) is 0 Å². The number of ether oxygens (including phenoxy) is 2. The Labute approximate surface area is 192 Å². The Hall–Kier alpha value is -2.28. The molecule has 1 N–H and O–H groups in total. The lowest BCUT2D eigenvalue weighted by Crippen LogP contribution is -2.51. The van der Waals surface area contributed by atoms with Gasteiger partial charge < -0.3 is 19.7 Å². The summed E-state index contributed by atoms with van der Waals surface area (Å²) in [5.74, 6) is 1.12. The number of likely N-dealkylation sites (tertiary alicyclic amines) is 2. The number of hydrogen-bond donors (Lipinski definition) is 1. The van der Waals surface area contributed by atoms with E-state index < -0.39 is 5.97 Å². The number of rotatable bonds is 8. The van der Waals surface area contributed by atoms with E-state index in [-0.39, 0.29) is 12.6 Å². The molecular formula is C25H39N3O4. The minimum absolute atomic E-state index is 0.0639. The lowest BCUT2D eigenvalue weighted by molar-refractivity contribution is -0.141. The average molecular weight is 446 g/mol. The van der Waals surface area contributed by atoms with E-state index in [0.717, 1.165) is 57.9 Å². The van der Waals surface area contributed by atoms with E-state index >= 15 is 0 Å². The summed E-state index contributed by atoms with van der Waals surface area (Å²) >= 11 is 0.